The molecule has 6 heteroatoms. The van der Waals surface area contributed by atoms with Gasteiger partial charge in [-0.1, -0.05) is 51.1 Å². The predicted octanol–water partition coefficient (Wildman–Crippen LogP) is 3.26. The van der Waals surface area contributed by atoms with Crippen LogP contribution in [-0.4, -0.2) is 27.3 Å². The molecule has 3 aromatic rings. The summed E-state index contributed by atoms with van der Waals surface area (Å²) in [5.41, 5.74) is 2.97. The van der Waals surface area contributed by atoms with Gasteiger partial charge in [0, 0.05) is 6.54 Å². The fraction of sp³-hybridized carbons (Fsp3) is 0.286. The van der Waals surface area contributed by atoms with Crippen molar-refractivity contribution in [3.63, 3.8) is 0 Å². The zero-order valence-electron chi connectivity index (χ0n) is 15.8. The highest BCUT2D eigenvalue weighted by Gasteiger charge is 2.18. The van der Waals surface area contributed by atoms with Crippen molar-refractivity contribution in [1.82, 2.24) is 20.1 Å². The Morgan fingerprint density at radius 3 is 2.52 bits per heavy atom. The van der Waals surface area contributed by atoms with Gasteiger partial charge >= 0.3 is 0 Å². The molecule has 1 amide bonds. The van der Waals surface area contributed by atoms with Gasteiger partial charge in [-0.3, -0.25) is 4.79 Å². The standard InChI is InChI=1S/C21H24N4O2/c1-21(2,3)18-6-4-5-7-19(18)27-13-20(26)23-12-16-8-10-17(11-9-16)25-15-22-14-24-25/h4-11,14-15H,12-13H2,1-3H3,(H,23,26). The van der Waals surface area contributed by atoms with E-state index in [4.69, 9.17) is 4.74 Å². The summed E-state index contributed by atoms with van der Waals surface area (Å²) >= 11 is 0. The molecule has 140 valence electrons. The van der Waals surface area contributed by atoms with Crippen molar-refractivity contribution in [3.8, 4) is 11.4 Å². The van der Waals surface area contributed by atoms with Gasteiger partial charge in [-0.25, -0.2) is 9.67 Å². The van der Waals surface area contributed by atoms with Crippen LogP contribution in [0.25, 0.3) is 5.69 Å². The Kier molecular flexibility index (Phi) is 5.54. The van der Waals surface area contributed by atoms with Gasteiger partial charge in [0.15, 0.2) is 6.61 Å². The van der Waals surface area contributed by atoms with Crippen LogP contribution in [0.15, 0.2) is 61.2 Å². The normalized spacial score (nSPS) is 11.2. The first kappa shape index (κ1) is 18.6. The minimum absolute atomic E-state index is 0.00979. The second-order valence-electron chi connectivity index (χ2n) is 7.32. The molecule has 0 saturated carbocycles. The van der Waals surface area contributed by atoms with Gasteiger partial charge < -0.3 is 10.1 Å². The number of para-hydroxylation sites is 1. The van der Waals surface area contributed by atoms with Gasteiger partial charge in [0.1, 0.15) is 18.4 Å². The Morgan fingerprint density at radius 1 is 1.11 bits per heavy atom. The van der Waals surface area contributed by atoms with Crippen molar-refractivity contribution in [3.05, 3.63) is 72.3 Å². The van der Waals surface area contributed by atoms with E-state index < -0.39 is 0 Å². The lowest BCUT2D eigenvalue weighted by Gasteiger charge is -2.22. The third-order valence-corrected chi connectivity index (χ3v) is 4.16. The molecule has 0 saturated heterocycles. The lowest BCUT2D eigenvalue weighted by Crippen LogP contribution is -2.29. The number of hydrogen-bond donors (Lipinski definition) is 1. The molecule has 0 fully saturated rings. The number of amides is 1. The first-order valence-corrected chi connectivity index (χ1v) is 8.86. The number of benzene rings is 2. The van der Waals surface area contributed by atoms with Gasteiger partial charge in [0.25, 0.3) is 5.91 Å². The largest absolute Gasteiger partial charge is 0.483 e. The van der Waals surface area contributed by atoms with E-state index in [1.54, 1.807) is 11.0 Å². The van der Waals surface area contributed by atoms with Crippen LogP contribution in [-0.2, 0) is 16.8 Å². The highest BCUT2D eigenvalue weighted by atomic mass is 16.5. The third kappa shape index (κ3) is 4.94. The number of hydrogen-bond acceptors (Lipinski definition) is 4. The van der Waals surface area contributed by atoms with Crippen molar-refractivity contribution < 1.29 is 9.53 Å². The van der Waals surface area contributed by atoms with E-state index in [0.29, 0.717) is 6.54 Å². The summed E-state index contributed by atoms with van der Waals surface area (Å²) < 4.78 is 7.43. The summed E-state index contributed by atoms with van der Waals surface area (Å²) in [5, 5.41) is 6.97. The van der Waals surface area contributed by atoms with E-state index in [-0.39, 0.29) is 17.9 Å². The molecule has 1 heterocycles. The first-order chi connectivity index (χ1) is 12.9. The summed E-state index contributed by atoms with van der Waals surface area (Å²) in [5.74, 6) is 0.594. The molecule has 0 bridgehead atoms. The van der Waals surface area contributed by atoms with Crippen LogP contribution in [0.1, 0.15) is 31.9 Å². The fourth-order valence-corrected chi connectivity index (χ4v) is 2.72. The summed E-state index contributed by atoms with van der Waals surface area (Å²) in [6.07, 6.45) is 3.13. The van der Waals surface area contributed by atoms with Crippen molar-refractivity contribution in [2.45, 2.75) is 32.7 Å². The molecule has 3 rings (SSSR count). The highest BCUT2D eigenvalue weighted by Crippen LogP contribution is 2.30. The number of aromatic nitrogens is 3. The van der Waals surface area contributed by atoms with Crippen LogP contribution in [0.5, 0.6) is 5.75 Å². The molecule has 0 atom stereocenters. The predicted molar refractivity (Wildman–Crippen MR) is 104 cm³/mol. The van der Waals surface area contributed by atoms with E-state index in [1.807, 2.05) is 48.5 Å². The smallest absolute Gasteiger partial charge is 0.258 e. The van der Waals surface area contributed by atoms with E-state index in [1.165, 1.54) is 6.33 Å². The van der Waals surface area contributed by atoms with Gasteiger partial charge in [-0.05, 0) is 34.7 Å². The summed E-state index contributed by atoms with van der Waals surface area (Å²) in [6, 6.07) is 15.6. The molecule has 2 aromatic carbocycles. The molecule has 1 aromatic heterocycles. The average Bonchev–Trinajstić information content (AvgIpc) is 3.19. The van der Waals surface area contributed by atoms with Crippen molar-refractivity contribution >= 4 is 5.91 Å². The van der Waals surface area contributed by atoms with Crippen LogP contribution >= 0.6 is 0 Å². The van der Waals surface area contributed by atoms with E-state index >= 15 is 0 Å². The molecule has 0 radical (unpaired) electrons. The number of rotatable bonds is 6. The zero-order valence-corrected chi connectivity index (χ0v) is 15.8. The SMILES string of the molecule is CC(C)(C)c1ccccc1OCC(=O)NCc1ccc(-n2cncn2)cc1. The van der Waals surface area contributed by atoms with Crippen LogP contribution in [0.4, 0.5) is 0 Å². The molecule has 1 N–H and O–H groups in total. The van der Waals surface area contributed by atoms with Crippen molar-refractivity contribution in [2.75, 3.05) is 6.61 Å². The van der Waals surface area contributed by atoms with Crippen LogP contribution in [0.2, 0.25) is 0 Å². The summed E-state index contributed by atoms with van der Waals surface area (Å²) in [4.78, 5) is 16.1. The minimum atomic E-state index is -0.154. The fourth-order valence-electron chi connectivity index (χ4n) is 2.72. The Labute approximate surface area is 159 Å². The molecule has 0 aliphatic carbocycles. The Balaban J connectivity index is 1.52. The molecule has 0 unspecified atom stereocenters. The van der Waals surface area contributed by atoms with E-state index in [2.05, 4.69) is 36.2 Å². The number of nitrogens with zero attached hydrogens (tertiary/aromatic N) is 3. The van der Waals surface area contributed by atoms with Crippen molar-refractivity contribution in [1.29, 1.82) is 0 Å². The van der Waals surface area contributed by atoms with Gasteiger partial charge in [0.2, 0.25) is 0 Å². The Morgan fingerprint density at radius 2 is 1.85 bits per heavy atom. The topological polar surface area (TPSA) is 69.0 Å². The van der Waals surface area contributed by atoms with Crippen LogP contribution in [0, 0.1) is 0 Å². The number of ether oxygens (including phenoxy) is 1. The maximum Gasteiger partial charge on any atom is 0.258 e. The zero-order chi connectivity index (χ0) is 19.3. The van der Waals surface area contributed by atoms with Crippen LogP contribution < -0.4 is 10.1 Å². The molecule has 0 spiro atoms. The Hall–Kier alpha value is -3.15. The molecule has 0 aliphatic heterocycles. The maximum absolute atomic E-state index is 12.1. The molecule has 6 nitrogen and oxygen atoms in total. The summed E-state index contributed by atoms with van der Waals surface area (Å²) in [6.45, 7) is 6.81. The Bertz CT molecular complexity index is 881. The molecule has 0 aliphatic rings. The third-order valence-electron chi connectivity index (χ3n) is 4.16. The second kappa shape index (κ2) is 8.03. The monoisotopic (exact) mass is 364 g/mol. The highest BCUT2D eigenvalue weighted by molar-refractivity contribution is 5.77. The molecular weight excluding hydrogens is 340 g/mol. The van der Waals surface area contributed by atoms with Gasteiger partial charge in [-0.2, -0.15) is 5.10 Å². The van der Waals surface area contributed by atoms with E-state index in [0.717, 1.165) is 22.6 Å². The number of carbonyl (C=O) groups excluding carboxylic acids is 1. The molecular formula is C21H24N4O2. The lowest BCUT2D eigenvalue weighted by molar-refractivity contribution is -0.123. The maximum atomic E-state index is 12.1. The van der Waals surface area contributed by atoms with Gasteiger partial charge in [-0.15, -0.1) is 0 Å². The lowest BCUT2D eigenvalue weighted by atomic mass is 9.86. The van der Waals surface area contributed by atoms with E-state index in [9.17, 15) is 4.79 Å². The first-order valence-electron chi connectivity index (χ1n) is 8.86. The summed E-state index contributed by atoms with van der Waals surface area (Å²) in [7, 11) is 0. The quantitative estimate of drug-likeness (QED) is 0.729. The molecule has 27 heavy (non-hydrogen) atoms. The van der Waals surface area contributed by atoms with Crippen molar-refractivity contribution in [2.24, 2.45) is 0 Å². The minimum Gasteiger partial charge on any atom is -0.483 e. The van der Waals surface area contributed by atoms with Gasteiger partial charge in [0.05, 0.1) is 5.69 Å². The average molecular weight is 364 g/mol. The number of carbonyl (C=O) groups is 1. The second-order valence-corrected chi connectivity index (χ2v) is 7.32. The number of nitrogens with one attached hydrogen (secondary N) is 1. The van der Waals surface area contributed by atoms with Crippen LogP contribution in [0.3, 0.4) is 0 Å².